The quantitative estimate of drug-likeness (QED) is 0.772. The molecule has 0 saturated heterocycles. The molecule has 5 heteroatoms. The highest BCUT2D eigenvalue weighted by Gasteiger charge is 2.14. The number of nitrogens with one attached hydrogen (secondary N) is 2. The van der Waals surface area contributed by atoms with Crippen LogP contribution in [0, 0.1) is 0 Å². The average molecular weight is 239 g/mol. The fourth-order valence-electron chi connectivity index (χ4n) is 1.66. The third kappa shape index (κ3) is 2.33. The second-order valence-electron chi connectivity index (χ2n) is 3.60. The molecule has 1 aliphatic heterocycles. The van der Waals surface area contributed by atoms with E-state index in [0.29, 0.717) is 18.5 Å². The second kappa shape index (κ2) is 4.53. The lowest BCUT2D eigenvalue weighted by Crippen LogP contribution is -2.19. The zero-order valence-electron chi connectivity index (χ0n) is 8.55. The Bertz CT molecular complexity index is 446. The molecule has 2 rings (SSSR count). The van der Waals surface area contributed by atoms with Gasteiger partial charge in [0.2, 0.25) is 11.8 Å². The molecule has 0 aromatic heterocycles. The van der Waals surface area contributed by atoms with Crippen molar-refractivity contribution >= 4 is 34.8 Å². The predicted molar refractivity (Wildman–Crippen MR) is 62.7 cm³/mol. The van der Waals surface area contributed by atoms with Crippen molar-refractivity contribution in [3.05, 3.63) is 23.8 Å². The van der Waals surface area contributed by atoms with E-state index in [0.717, 1.165) is 11.3 Å². The zero-order chi connectivity index (χ0) is 11.5. The van der Waals surface area contributed by atoms with Crippen molar-refractivity contribution in [2.75, 3.05) is 16.5 Å². The summed E-state index contributed by atoms with van der Waals surface area (Å²) in [6.45, 7) is 0. The van der Waals surface area contributed by atoms with E-state index in [9.17, 15) is 9.59 Å². The summed E-state index contributed by atoms with van der Waals surface area (Å²) in [5.41, 5.74) is 2.56. The molecule has 0 atom stereocenters. The van der Waals surface area contributed by atoms with Crippen LogP contribution in [0.1, 0.15) is 12.0 Å². The number of hydrogen-bond donors (Lipinski definition) is 2. The summed E-state index contributed by atoms with van der Waals surface area (Å²) < 4.78 is 0. The molecular weight excluding hydrogens is 228 g/mol. The third-order valence-electron chi connectivity index (χ3n) is 2.41. The average Bonchev–Trinajstić information content (AvgIpc) is 2.29. The van der Waals surface area contributed by atoms with Gasteiger partial charge in [-0.05, 0) is 30.2 Å². The Labute approximate surface area is 98.0 Å². The minimum atomic E-state index is -0.235. The maximum absolute atomic E-state index is 11.1. The summed E-state index contributed by atoms with van der Waals surface area (Å²) in [4.78, 5) is 22.2. The molecule has 2 amide bonds. The fourth-order valence-corrected chi connectivity index (χ4v) is 1.72. The molecule has 16 heavy (non-hydrogen) atoms. The second-order valence-corrected chi connectivity index (χ2v) is 3.87. The summed E-state index contributed by atoms with van der Waals surface area (Å²) in [7, 11) is 0. The number of amides is 2. The molecule has 1 aliphatic rings. The summed E-state index contributed by atoms with van der Waals surface area (Å²) in [5.74, 6) is -0.264. The molecule has 0 radical (unpaired) electrons. The van der Waals surface area contributed by atoms with Crippen molar-refractivity contribution in [1.82, 2.24) is 0 Å². The number of halogens is 1. The van der Waals surface area contributed by atoms with Gasteiger partial charge in [-0.25, -0.2) is 0 Å². The number of benzene rings is 1. The van der Waals surface area contributed by atoms with Crippen LogP contribution < -0.4 is 10.6 Å². The fraction of sp³-hybridized carbons (Fsp3) is 0.273. The molecule has 4 nitrogen and oxygen atoms in total. The number of anilines is 2. The van der Waals surface area contributed by atoms with Crippen molar-refractivity contribution in [2.24, 2.45) is 0 Å². The first-order valence-electron chi connectivity index (χ1n) is 4.97. The highest BCUT2D eigenvalue weighted by Crippen LogP contribution is 2.25. The van der Waals surface area contributed by atoms with Gasteiger partial charge in [0, 0.05) is 17.8 Å². The SMILES string of the molecule is O=C(CCl)Nc1ccc2c(c1)CCC(=O)N2. The molecule has 1 heterocycles. The first-order chi connectivity index (χ1) is 7.69. The Morgan fingerprint density at radius 3 is 3.00 bits per heavy atom. The Morgan fingerprint density at radius 1 is 1.44 bits per heavy atom. The topological polar surface area (TPSA) is 58.2 Å². The molecule has 2 N–H and O–H groups in total. The van der Waals surface area contributed by atoms with E-state index in [-0.39, 0.29) is 17.7 Å². The number of carbonyl (C=O) groups is 2. The van der Waals surface area contributed by atoms with E-state index in [4.69, 9.17) is 11.6 Å². The monoisotopic (exact) mass is 238 g/mol. The Morgan fingerprint density at radius 2 is 2.25 bits per heavy atom. The van der Waals surface area contributed by atoms with Crippen molar-refractivity contribution in [1.29, 1.82) is 0 Å². The van der Waals surface area contributed by atoms with Gasteiger partial charge in [-0.2, -0.15) is 0 Å². The van der Waals surface area contributed by atoms with Crippen LogP contribution >= 0.6 is 11.6 Å². The minimum absolute atomic E-state index is 0.0324. The summed E-state index contributed by atoms with van der Waals surface area (Å²) in [6, 6.07) is 5.39. The van der Waals surface area contributed by atoms with E-state index in [2.05, 4.69) is 10.6 Å². The maximum Gasteiger partial charge on any atom is 0.239 e. The minimum Gasteiger partial charge on any atom is -0.326 e. The molecule has 1 aromatic rings. The highest BCUT2D eigenvalue weighted by atomic mass is 35.5. The van der Waals surface area contributed by atoms with E-state index in [1.165, 1.54) is 0 Å². The molecule has 0 aliphatic carbocycles. The van der Waals surface area contributed by atoms with E-state index in [1.807, 2.05) is 6.07 Å². The number of aryl methyl sites for hydroxylation is 1. The summed E-state index contributed by atoms with van der Waals surface area (Å²) >= 11 is 5.40. The maximum atomic E-state index is 11.1. The largest absolute Gasteiger partial charge is 0.326 e. The molecule has 0 unspecified atom stereocenters. The third-order valence-corrected chi connectivity index (χ3v) is 2.65. The normalized spacial score (nSPS) is 13.9. The van der Waals surface area contributed by atoms with Crippen LogP contribution in [0.4, 0.5) is 11.4 Å². The van der Waals surface area contributed by atoms with Crippen LogP contribution in [0.3, 0.4) is 0 Å². The van der Waals surface area contributed by atoms with Gasteiger partial charge in [-0.15, -0.1) is 11.6 Å². The number of alkyl halides is 1. The van der Waals surface area contributed by atoms with Gasteiger partial charge in [-0.1, -0.05) is 0 Å². The zero-order valence-corrected chi connectivity index (χ0v) is 9.30. The lowest BCUT2D eigenvalue weighted by molar-refractivity contribution is -0.116. The summed E-state index contributed by atoms with van der Waals surface area (Å²) in [6.07, 6.45) is 1.19. The molecule has 0 spiro atoms. The van der Waals surface area contributed by atoms with Crippen LogP contribution in [-0.4, -0.2) is 17.7 Å². The lowest BCUT2D eigenvalue weighted by atomic mass is 10.0. The molecule has 84 valence electrons. The molecule has 0 fully saturated rings. The first-order valence-corrected chi connectivity index (χ1v) is 5.51. The van der Waals surface area contributed by atoms with Gasteiger partial charge >= 0.3 is 0 Å². The van der Waals surface area contributed by atoms with Crippen LogP contribution in [0.2, 0.25) is 0 Å². The van der Waals surface area contributed by atoms with Gasteiger partial charge in [0.1, 0.15) is 5.88 Å². The number of rotatable bonds is 2. The lowest BCUT2D eigenvalue weighted by Gasteiger charge is -2.17. The van der Waals surface area contributed by atoms with Gasteiger partial charge in [0.15, 0.2) is 0 Å². The number of carbonyl (C=O) groups excluding carboxylic acids is 2. The van der Waals surface area contributed by atoms with Crippen molar-refractivity contribution in [3.8, 4) is 0 Å². The predicted octanol–water partition coefficient (Wildman–Crippen LogP) is 1.75. The van der Waals surface area contributed by atoms with Crippen molar-refractivity contribution < 1.29 is 9.59 Å². The molecule has 1 aromatic carbocycles. The van der Waals surface area contributed by atoms with Gasteiger partial charge < -0.3 is 10.6 Å². The van der Waals surface area contributed by atoms with Gasteiger partial charge in [0.05, 0.1) is 0 Å². The standard InChI is InChI=1S/C11H11ClN2O2/c12-6-11(16)13-8-2-3-9-7(5-8)1-4-10(15)14-9/h2-3,5H,1,4,6H2,(H,13,16)(H,14,15). The highest BCUT2D eigenvalue weighted by molar-refractivity contribution is 6.29. The van der Waals surface area contributed by atoms with Crippen LogP contribution in [0.5, 0.6) is 0 Å². The smallest absolute Gasteiger partial charge is 0.239 e. The first kappa shape index (κ1) is 11.0. The molecular formula is C11H11ClN2O2. The van der Waals surface area contributed by atoms with E-state index in [1.54, 1.807) is 12.1 Å². The van der Waals surface area contributed by atoms with Gasteiger partial charge in [-0.3, -0.25) is 9.59 Å². The van der Waals surface area contributed by atoms with Crippen molar-refractivity contribution in [2.45, 2.75) is 12.8 Å². The van der Waals surface area contributed by atoms with E-state index >= 15 is 0 Å². The van der Waals surface area contributed by atoms with Crippen molar-refractivity contribution in [3.63, 3.8) is 0 Å². The number of fused-ring (bicyclic) bond motifs is 1. The molecule has 0 saturated carbocycles. The Balaban J connectivity index is 2.19. The Kier molecular flexibility index (Phi) is 3.10. The van der Waals surface area contributed by atoms with Crippen LogP contribution in [-0.2, 0) is 16.0 Å². The van der Waals surface area contributed by atoms with Crippen LogP contribution in [0.25, 0.3) is 0 Å². The number of hydrogen-bond acceptors (Lipinski definition) is 2. The van der Waals surface area contributed by atoms with Crippen LogP contribution in [0.15, 0.2) is 18.2 Å². The molecule has 0 bridgehead atoms. The Hall–Kier alpha value is -1.55. The van der Waals surface area contributed by atoms with Gasteiger partial charge in [0.25, 0.3) is 0 Å². The van der Waals surface area contributed by atoms with E-state index < -0.39 is 0 Å². The summed E-state index contributed by atoms with van der Waals surface area (Å²) in [5, 5.41) is 5.45.